The summed E-state index contributed by atoms with van der Waals surface area (Å²) in [5, 5.41) is 0.634. The Morgan fingerprint density at radius 2 is 1.78 bits per heavy atom. The van der Waals surface area contributed by atoms with Gasteiger partial charge in [-0.1, -0.05) is 11.6 Å². The molecule has 1 aromatic carbocycles. The Balaban J connectivity index is 1.61. The molecule has 0 saturated carbocycles. The number of aromatic nitrogens is 1. The average Bonchev–Trinajstić information content (AvgIpc) is 2.69. The van der Waals surface area contributed by atoms with Gasteiger partial charge in [0.25, 0.3) is 5.91 Å². The van der Waals surface area contributed by atoms with E-state index < -0.39 is 0 Å². The lowest BCUT2D eigenvalue weighted by atomic mass is 10.1. The molecule has 0 atom stereocenters. The van der Waals surface area contributed by atoms with E-state index in [4.69, 9.17) is 11.6 Å². The molecule has 0 unspecified atom stereocenters. The Morgan fingerprint density at radius 3 is 2.30 bits per heavy atom. The number of carbonyl (C=O) groups is 1. The molecule has 1 saturated heterocycles. The summed E-state index contributed by atoms with van der Waals surface area (Å²) < 4.78 is 0. The maximum atomic E-state index is 12.8. The lowest BCUT2D eigenvalue weighted by molar-refractivity contribution is 0.0746. The number of carbonyl (C=O) groups excluding carboxylic acids is 1. The first-order chi connectivity index (χ1) is 13.0. The molecule has 3 rings (SSSR count). The zero-order chi connectivity index (χ0) is 19.4. The number of benzene rings is 1. The molecule has 1 aliphatic heterocycles. The van der Waals surface area contributed by atoms with Crippen molar-refractivity contribution in [2.45, 2.75) is 26.8 Å². The van der Waals surface area contributed by atoms with Crippen molar-refractivity contribution in [2.75, 3.05) is 42.5 Å². The minimum Gasteiger partial charge on any atom is -0.369 e. The molecule has 1 aromatic heterocycles. The quantitative estimate of drug-likeness (QED) is 0.780. The Kier molecular flexibility index (Phi) is 6.22. The highest BCUT2D eigenvalue weighted by molar-refractivity contribution is 6.30. The van der Waals surface area contributed by atoms with Crippen LogP contribution in [0.3, 0.4) is 0 Å². The van der Waals surface area contributed by atoms with Crippen molar-refractivity contribution in [1.82, 2.24) is 9.88 Å². The zero-order valence-electron chi connectivity index (χ0n) is 16.2. The van der Waals surface area contributed by atoms with Gasteiger partial charge in [0.2, 0.25) is 0 Å². The smallest absolute Gasteiger partial charge is 0.253 e. The molecule has 5 nitrogen and oxygen atoms in total. The number of hydrogen-bond donors (Lipinski definition) is 0. The zero-order valence-corrected chi connectivity index (χ0v) is 17.0. The number of pyridine rings is 1. The van der Waals surface area contributed by atoms with Gasteiger partial charge in [-0.3, -0.25) is 4.79 Å². The summed E-state index contributed by atoms with van der Waals surface area (Å²) in [6.07, 6.45) is 1.66. The summed E-state index contributed by atoms with van der Waals surface area (Å²) in [5.41, 5.74) is 1.90. The largest absolute Gasteiger partial charge is 0.369 e. The summed E-state index contributed by atoms with van der Waals surface area (Å²) in [4.78, 5) is 23.6. The number of hydrogen-bond acceptors (Lipinski definition) is 4. The van der Waals surface area contributed by atoms with Crippen molar-refractivity contribution in [3.05, 3.63) is 53.2 Å². The fraction of sp³-hybridized carbons (Fsp3) is 0.429. The van der Waals surface area contributed by atoms with E-state index >= 15 is 0 Å². The van der Waals surface area contributed by atoms with Gasteiger partial charge in [0.1, 0.15) is 5.82 Å². The predicted octanol–water partition coefficient (Wildman–Crippen LogP) is 3.93. The monoisotopic (exact) mass is 386 g/mol. The fourth-order valence-corrected chi connectivity index (χ4v) is 3.63. The summed E-state index contributed by atoms with van der Waals surface area (Å²) in [5.74, 6) is 1.00. The van der Waals surface area contributed by atoms with E-state index in [1.807, 2.05) is 41.3 Å². The Labute approximate surface area is 166 Å². The van der Waals surface area contributed by atoms with Crippen molar-refractivity contribution >= 4 is 29.0 Å². The lowest BCUT2D eigenvalue weighted by Crippen LogP contribution is -2.49. The van der Waals surface area contributed by atoms with Crippen molar-refractivity contribution in [3.63, 3.8) is 0 Å². The maximum absolute atomic E-state index is 12.8. The van der Waals surface area contributed by atoms with Gasteiger partial charge in [0, 0.05) is 56.2 Å². The maximum Gasteiger partial charge on any atom is 0.253 e. The number of halogens is 1. The minimum absolute atomic E-state index is 0.0952. The van der Waals surface area contributed by atoms with Gasteiger partial charge in [-0.2, -0.15) is 0 Å². The van der Waals surface area contributed by atoms with Crippen LogP contribution in [-0.2, 0) is 0 Å². The molecule has 0 radical (unpaired) electrons. The van der Waals surface area contributed by atoms with E-state index in [2.05, 4.69) is 35.6 Å². The SMILES string of the molecule is CCN(c1ccc(C(=O)N2CCN(c3ccc(Cl)cn3)CC2)cc1)C(C)C. The third kappa shape index (κ3) is 4.53. The first kappa shape index (κ1) is 19.5. The molecular formula is C21H27ClN4O. The van der Waals surface area contributed by atoms with Crippen LogP contribution in [0, 0.1) is 0 Å². The molecule has 0 aliphatic carbocycles. The van der Waals surface area contributed by atoms with Crippen LogP contribution in [0.15, 0.2) is 42.6 Å². The third-order valence-corrected chi connectivity index (χ3v) is 5.24. The number of anilines is 2. The first-order valence-corrected chi connectivity index (χ1v) is 9.90. The average molecular weight is 387 g/mol. The molecule has 2 heterocycles. The second-order valence-corrected chi connectivity index (χ2v) is 7.48. The second-order valence-electron chi connectivity index (χ2n) is 7.04. The van der Waals surface area contributed by atoms with E-state index in [0.29, 0.717) is 24.2 Å². The molecule has 0 N–H and O–H groups in total. The summed E-state index contributed by atoms with van der Waals surface area (Å²) >= 11 is 5.90. The standard InChI is InChI=1S/C21H27ClN4O/c1-4-26(16(2)3)19-8-5-17(6-9-19)21(27)25-13-11-24(12-14-25)20-10-7-18(22)15-23-20/h5-10,15-16H,4,11-14H2,1-3H3. The van der Waals surface area contributed by atoms with E-state index in [0.717, 1.165) is 36.7 Å². The van der Waals surface area contributed by atoms with Crippen molar-refractivity contribution < 1.29 is 4.79 Å². The molecule has 27 heavy (non-hydrogen) atoms. The van der Waals surface area contributed by atoms with Crippen LogP contribution in [0.25, 0.3) is 0 Å². The normalized spacial score (nSPS) is 14.6. The summed E-state index contributed by atoms with van der Waals surface area (Å²) in [6.45, 7) is 10.4. The summed E-state index contributed by atoms with van der Waals surface area (Å²) in [7, 11) is 0. The van der Waals surface area contributed by atoms with Gasteiger partial charge in [0.05, 0.1) is 5.02 Å². The van der Waals surface area contributed by atoms with E-state index in [-0.39, 0.29) is 5.91 Å². The minimum atomic E-state index is 0.0952. The second kappa shape index (κ2) is 8.61. The first-order valence-electron chi connectivity index (χ1n) is 9.52. The molecule has 0 bridgehead atoms. The van der Waals surface area contributed by atoms with Crippen molar-refractivity contribution in [1.29, 1.82) is 0 Å². The lowest BCUT2D eigenvalue weighted by Gasteiger charge is -2.35. The molecule has 1 fully saturated rings. The molecule has 0 spiro atoms. The summed E-state index contributed by atoms with van der Waals surface area (Å²) in [6, 6.07) is 12.2. The fourth-order valence-electron chi connectivity index (χ4n) is 3.52. The molecular weight excluding hydrogens is 360 g/mol. The number of amides is 1. The van der Waals surface area contributed by atoms with Gasteiger partial charge in [0.15, 0.2) is 0 Å². The number of nitrogens with zero attached hydrogens (tertiary/aromatic N) is 4. The Bertz CT molecular complexity index is 753. The number of piperazine rings is 1. The predicted molar refractivity (Wildman–Crippen MR) is 112 cm³/mol. The van der Waals surface area contributed by atoms with Crippen molar-refractivity contribution in [2.24, 2.45) is 0 Å². The van der Waals surface area contributed by atoms with Gasteiger partial charge in [-0.05, 0) is 57.2 Å². The highest BCUT2D eigenvalue weighted by Gasteiger charge is 2.23. The van der Waals surface area contributed by atoms with E-state index in [1.54, 1.807) is 6.20 Å². The van der Waals surface area contributed by atoms with E-state index in [1.165, 1.54) is 0 Å². The van der Waals surface area contributed by atoms with Crippen LogP contribution in [-0.4, -0.2) is 54.6 Å². The van der Waals surface area contributed by atoms with Crippen LogP contribution in [0.5, 0.6) is 0 Å². The van der Waals surface area contributed by atoms with Crippen LogP contribution in [0.4, 0.5) is 11.5 Å². The van der Waals surface area contributed by atoms with Gasteiger partial charge < -0.3 is 14.7 Å². The van der Waals surface area contributed by atoms with Gasteiger partial charge in [-0.25, -0.2) is 4.98 Å². The van der Waals surface area contributed by atoms with Crippen LogP contribution in [0.2, 0.25) is 5.02 Å². The van der Waals surface area contributed by atoms with Gasteiger partial charge >= 0.3 is 0 Å². The molecule has 1 amide bonds. The van der Waals surface area contributed by atoms with Gasteiger partial charge in [-0.15, -0.1) is 0 Å². The molecule has 1 aliphatic rings. The molecule has 6 heteroatoms. The highest BCUT2D eigenvalue weighted by Crippen LogP contribution is 2.20. The topological polar surface area (TPSA) is 39.7 Å². The highest BCUT2D eigenvalue weighted by atomic mass is 35.5. The molecule has 144 valence electrons. The van der Waals surface area contributed by atoms with E-state index in [9.17, 15) is 4.79 Å². The number of rotatable bonds is 5. The van der Waals surface area contributed by atoms with Crippen molar-refractivity contribution in [3.8, 4) is 0 Å². The van der Waals surface area contributed by atoms with Crippen LogP contribution in [0.1, 0.15) is 31.1 Å². The van der Waals surface area contributed by atoms with Crippen LogP contribution >= 0.6 is 11.6 Å². The third-order valence-electron chi connectivity index (χ3n) is 5.01. The molecule has 2 aromatic rings. The van der Waals surface area contributed by atoms with Crippen LogP contribution < -0.4 is 9.80 Å². The Morgan fingerprint density at radius 1 is 1.11 bits per heavy atom. The Hall–Kier alpha value is -2.27.